The van der Waals surface area contributed by atoms with Gasteiger partial charge in [-0.1, -0.05) is 17.7 Å². The van der Waals surface area contributed by atoms with Crippen LogP contribution in [0.1, 0.15) is 17.3 Å². The molecule has 0 saturated heterocycles. The number of halogens is 1. The van der Waals surface area contributed by atoms with Crippen LogP contribution in [0.25, 0.3) is 0 Å². The van der Waals surface area contributed by atoms with E-state index in [9.17, 15) is 9.59 Å². The molecule has 5 heteroatoms. The largest absolute Gasteiger partial charge is 0.326 e. The molecule has 4 nitrogen and oxygen atoms in total. The van der Waals surface area contributed by atoms with Crippen molar-refractivity contribution in [2.75, 3.05) is 10.6 Å². The molecule has 2 rings (SSSR count). The third-order valence-corrected chi connectivity index (χ3v) is 2.80. The summed E-state index contributed by atoms with van der Waals surface area (Å²) in [6, 6.07) is 13.6. The van der Waals surface area contributed by atoms with E-state index in [0.717, 1.165) is 0 Å². The summed E-state index contributed by atoms with van der Waals surface area (Å²) in [7, 11) is 0. The highest BCUT2D eigenvalue weighted by molar-refractivity contribution is 6.30. The maximum Gasteiger partial charge on any atom is 0.255 e. The van der Waals surface area contributed by atoms with Gasteiger partial charge in [-0.3, -0.25) is 9.59 Å². The second-order valence-corrected chi connectivity index (χ2v) is 4.66. The Labute approximate surface area is 121 Å². The first-order chi connectivity index (χ1) is 9.54. The number of rotatable bonds is 3. The van der Waals surface area contributed by atoms with Crippen molar-refractivity contribution in [3.63, 3.8) is 0 Å². The van der Waals surface area contributed by atoms with E-state index < -0.39 is 0 Å². The molecule has 102 valence electrons. The van der Waals surface area contributed by atoms with Crippen LogP contribution >= 0.6 is 11.6 Å². The summed E-state index contributed by atoms with van der Waals surface area (Å²) >= 11 is 5.78. The Kier molecular flexibility index (Phi) is 4.38. The van der Waals surface area contributed by atoms with Gasteiger partial charge < -0.3 is 10.6 Å². The van der Waals surface area contributed by atoms with Gasteiger partial charge in [0.15, 0.2) is 0 Å². The summed E-state index contributed by atoms with van der Waals surface area (Å²) in [6.45, 7) is 1.42. The molecule has 0 aromatic heterocycles. The molecule has 0 atom stereocenters. The Hall–Kier alpha value is -2.33. The normalized spacial score (nSPS) is 9.90. The Morgan fingerprint density at radius 2 is 1.65 bits per heavy atom. The molecule has 0 aliphatic rings. The van der Waals surface area contributed by atoms with E-state index in [1.807, 2.05) is 0 Å². The Morgan fingerprint density at radius 3 is 2.30 bits per heavy atom. The molecule has 0 aliphatic heterocycles. The molecule has 0 spiro atoms. The van der Waals surface area contributed by atoms with Gasteiger partial charge in [0.05, 0.1) is 0 Å². The second-order valence-electron chi connectivity index (χ2n) is 4.22. The molecule has 0 fully saturated rings. The average Bonchev–Trinajstić information content (AvgIpc) is 2.41. The number of hydrogen-bond donors (Lipinski definition) is 2. The summed E-state index contributed by atoms with van der Waals surface area (Å²) in [4.78, 5) is 23.1. The topological polar surface area (TPSA) is 58.2 Å². The third kappa shape index (κ3) is 3.83. The highest BCUT2D eigenvalue weighted by Gasteiger charge is 2.07. The van der Waals surface area contributed by atoms with Crippen LogP contribution in [0, 0.1) is 0 Å². The average molecular weight is 289 g/mol. The number of amides is 2. The van der Waals surface area contributed by atoms with Crippen molar-refractivity contribution in [1.82, 2.24) is 0 Å². The van der Waals surface area contributed by atoms with Gasteiger partial charge in [-0.2, -0.15) is 0 Å². The van der Waals surface area contributed by atoms with Gasteiger partial charge in [0.25, 0.3) is 5.91 Å². The predicted octanol–water partition coefficient (Wildman–Crippen LogP) is 3.55. The molecule has 0 radical (unpaired) electrons. The van der Waals surface area contributed by atoms with Crippen LogP contribution in [0.2, 0.25) is 5.02 Å². The van der Waals surface area contributed by atoms with Crippen molar-refractivity contribution in [1.29, 1.82) is 0 Å². The smallest absolute Gasteiger partial charge is 0.255 e. The standard InChI is InChI=1S/C15H13ClN2O2/c1-10(19)17-14-4-2-3-11(9-14)15(20)18-13-7-5-12(16)6-8-13/h2-9H,1H3,(H,17,19)(H,18,20). The zero-order chi connectivity index (χ0) is 14.5. The maximum absolute atomic E-state index is 12.1. The molecule has 2 aromatic carbocycles. The zero-order valence-corrected chi connectivity index (χ0v) is 11.6. The van der Waals surface area contributed by atoms with Crippen LogP contribution in [-0.2, 0) is 4.79 Å². The first-order valence-corrected chi connectivity index (χ1v) is 6.37. The van der Waals surface area contributed by atoms with Crippen molar-refractivity contribution in [3.8, 4) is 0 Å². The van der Waals surface area contributed by atoms with Gasteiger partial charge in [-0.05, 0) is 42.5 Å². The van der Waals surface area contributed by atoms with Crippen molar-refractivity contribution >= 4 is 34.8 Å². The van der Waals surface area contributed by atoms with Crippen LogP contribution in [0.15, 0.2) is 48.5 Å². The monoisotopic (exact) mass is 288 g/mol. The predicted molar refractivity (Wildman–Crippen MR) is 80.2 cm³/mol. The fraction of sp³-hybridized carbons (Fsp3) is 0.0667. The second kappa shape index (κ2) is 6.21. The summed E-state index contributed by atoms with van der Waals surface area (Å²) < 4.78 is 0. The fourth-order valence-corrected chi connectivity index (χ4v) is 1.80. The molecule has 0 aliphatic carbocycles. The summed E-state index contributed by atoms with van der Waals surface area (Å²) in [5.41, 5.74) is 1.71. The molecule has 2 amide bonds. The lowest BCUT2D eigenvalue weighted by Crippen LogP contribution is -2.13. The van der Waals surface area contributed by atoms with Crippen molar-refractivity contribution in [2.45, 2.75) is 6.92 Å². The molecule has 2 N–H and O–H groups in total. The van der Waals surface area contributed by atoms with Crippen molar-refractivity contribution in [2.24, 2.45) is 0 Å². The van der Waals surface area contributed by atoms with E-state index in [-0.39, 0.29) is 11.8 Å². The zero-order valence-electron chi connectivity index (χ0n) is 10.8. The van der Waals surface area contributed by atoms with Crippen LogP contribution in [-0.4, -0.2) is 11.8 Å². The summed E-state index contributed by atoms with van der Waals surface area (Å²) in [6.07, 6.45) is 0. The molecule has 2 aromatic rings. The Morgan fingerprint density at radius 1 is 0.950 bits per heavy atom. The maximum atomic E-state index is 12.1. The number of nitrogens with one attached hydrogen (secondary N) is 2. The lowest BCUT2D eigenvalue weighted by atomic mass is 10.2. The van der Waals surface area contributed by atoms with Gasteiger partial charge in [-0.25, -0.2) is 0 Å². The van der Waals surface area contributed by atoms with Gasteiger partial charge in [0.1, 0.15) is 0 Å². The first kappa shape index (κ1) is 14.1. The number of anilines is 2. The minimum absolute atomic E-state index is 0.180. The third-order valence-electron chi connectivity index (χ3n) is 2.55. The van der Waals surface area contributed by atoms with Gasteiger partial charge in [-0.15, -0.1) is 0 Å². The number of hydrogen-bond acceptors (Lipinski definition) is 2. The lowest BCUT2D eigenvalue weighted by molar-refractivity contribution is -0.114. The Balaban J connectivity index is 2.12. The first-order valence-electron chi connectivity index (χ1n) is 5.99. The number of benzene rings is 2. The minimum atomic E-state index is -0.250. The van der Waals surface area contributed by atoms with Gasteiger partial charge in [0.2, 0.25) is 5.91 Å². The van der Waals surface area contributed by atoms with E-state index >= 15 is 0 Å². The van der Waals surface area contributed by atoms with E-state index in [2.05, 4.69) is 10.6 Å². The van der Waals surface area contributed by atoms with E-state index in [1.165, 1.54) is 6.92 Å². The quantitative estimate of drug-likeness (QED) is 0.907. The van der Waals surface area contributed by atoms with Gasteiger partial charge in [0, 0.05) is 28.9 Å². The molecule has 0 unspecified atom stereocenters. The summed E-state index contributed by atoms with van der Waals surface area (Å²) in [5.74, 6) is -0.431. The van der Waals surface area contributed by atoms with Crippen molar-refractivity contribution in [3.05, 3.63) is 59.1 Å². The molecular weight excluding hydrogens is 276 g/mol. The fourth-order valence-electron chi connectivity index (χ4n) is 1.68. The van der Waals surface area contributed by atoms with Crippen LogP contribution in [0.4, 0.5) is 11.4 Å². The van der Waals surface area contributed by atoms with Gasteiger partial charge >= 0.3 is 0 Å². The molecule has 20 heavy (non-hydrogen) atoms. The summed E-state index contributed by atoms with van der Waals surface area (Å²) in [5, 5.41) is 6.00. The highest BCUT2D eigenvalue weighted by atomic mass is 35.5. The molecule has 0 heterocycles. The van der Waals surface area contributed by atoms with Crippen LogP contribution < -0.4 is 10.6 Å². The molecule has 0 saturated carbocycles. The van der Waals surface area contributed by atoms with Crippen LogP contribution in [0.5, 0.6) is 0 Å². The van der Waals surface area contributed by atoms with Crippen LogP contribution in [0.3, 0.4) is 0 Å². The molecule has 0 bridgehead atoms. The molecular formula is C15H13ClN2O2. The number of carbonyl (C=O) groups excluding carboxylic acids is 2. The van der Waals surface area contributed by atoms with E-state index in [4.69, 9.17) is 11.6 Å². The SMILES string of the molecule is CC(=O)Nc1cccc(C(=O)Nc2ccc(Cl)cc2)c1. The van der Waals surface area contributed by atoms with E-state index in [0.29, 0.717) is 22.0 Å². The Bertz CT molecular complexity index is 639. The lowest BCUT2D eigenvalue weighted by Gasteiger charge is -2.07. The van der Waals surface area contributed by atoms with Crippen molar-refractivity contribution < 1.29 is 9.59 Å². The highest BCUT2D eigenvalue weighted by Crippen LogP contribution is 2.16. The number of carbonyl (C=O) groups is 2. The van der Waals surface area contributed by atoms with E-state index in [1.54, 1.807) is 48.5 Å². The minimum Gasteiger partial charge on any atom is -0.326 e.